The molecule has 1 aliphatic heterocycles. The molecular weight excluding hydrogens is 519 g/mol. The summed E-state index contributed by atoms with van der Waals surface area (Å²) in [7, 11) is 2.89. The molecule has 0 aliphatic carbocycles. The first kappa shape index (κ1) is 27.7. The predicted octanol–water partition coefficient (Wildman–Crippen LogP) is 3.17. The summed E-state index contributed by atoms with van der Waals surface area (Å²) in [4.78, 5) is 41.0. The van der Waals surface area contributed by atoms with Crippen molar-refractivity contribution in [3.63, 3.8) is 0 Å². The van der Waals surface area contributed by atoms with Gasteiger partial charge in [-0.15, -0.1) is 0 Å². The van der Waals surface area contributed by atoms with Crippen molar-refractivity contribution in [3.8, 4) is 11.5 Å². The van der Waals surface area contributed by atoms with Gasteiger partial charge in [-0.1, -0.05) is 6.07 Å². The lowest BCUT2D eigenvalue weighted by atomic mass is 9.93. The van der Waals surface area contributed by atoms with Crippen LogP contribution in [0.3, 0.4) is 0 Å². The van der Waals surface area contributed by atoms with Crippen molar-refractivity contribution in [2.45, 2.75) is 25.1 Å². The SMILES string of the molecule is COCCn1cccc(N2C[C@@H](c3ccc(OC)cc3F)C(NC(=O)c3ccc(OC(F)F)cc3)C2=O)c1=O. The molecule has 2 amide bonds. The summed E-state index contributed by atoms with van der Waals surface area (Å²) in [6, 6.07) is 10.9. The Hall–Kier alpha value is -4.32. The Bertz CT molecular complexity index is 1400. The number of rotatable bonds is 10. The van der Waals surface area contributed by atoms with Gasteiger partial charge < -0.3 is 29.0 Å². The largest absolute Gasteiger partial charge is 0.497 e. The smallest absolute Gasteiger partial charge is 0.387 e. The van der Waals surface area contributed by atoms with E-state index in [1.807, 2.05) is 0 Å². The summed E-state index contributed by atoms with van der Waals surface area (Å²) < 4.78 is 55.8. The third kappa shape index (κ3) is 6.06. The van der Waals surface area contributed by atoms with Gasteiger partial charge in [0.15, 0.2) is 0 Å². The maximum absolute atomic E-state index is 15.1. The number of hydrogen-bond acceptors (Lipinski definition) is 6. The molecule has 9 nitrogen and oxygen atoms in total. The number of nitrogens with zero attached hydrogens (tertiary/aromatic N) is 2. The summed E-state index contributed by atoms with van der Waals surface area (Å²) in [6.45, 7) is -2.58. The molecule has 2 atom stereocenters. The molecule has 39 heavy (non-hydrogen) atoms. The van der Waals surface area contributed by atoms with E-state index in [1.165, 1.54) is 72.2 Å². The summed E-state index contributed by atoms with van der Waals surface area (Å²) in [5.41, 5.74) is -0.159. The number of benzene rings is 2. The van der Waals surface area contributed by atoms with Crippen molar-refractivity contribution in [2.75, 3.05) is 32.3 Å². The molecule has 1 aromatic heterocycles. The normalized spacial score (nSPS) is 17.0. The number of ether oxygens (including phenoxy) is 3. The van der Waals surface area contributed by atoms with E-state index < -0.39 is 41.8 Å². The molecule has 0 bridgehead atoms. The van der Waals surface area contributed by atoms with Gasteiger partial charge in [-0.3, -0.25) is 14.4 Å². The first-order valence-corrected chi connectivity index (χ1v) is 11.9. The average Bonchev–Trinajstić information content (AvgIpc) is 3.23. The lowest BCUT2D eigenvalue weighted by Gasteiger charge is -2.19. The van der Waals surface area contributed by atoms with E-state index in [0.717, 1.165) is 0 Å². The predicted molar refractivity (Wildman–Crippen MR) is 135 cm³/mol. The third-order valence-corrected chi connectivity index (χ3v) is 6.38. The maximum atomic E-state index is 15.1. The molecule has 2 heterocycles. The van der Waals surface area contributed by atoms with Gasteiger partial charge in [-0.25, -0.2) is 4.39 Å². The van der Waals surface area contributed by atoms with Gasteiger partial charge in [0.2, 0.25) is 5.91 Å². The van der Waals surface area contributed by atoms with E-state index in [9.17, 15) is 23.2 Å². The Kier molecular flexibility index (Phi) is 8.55. The van der Waals surface area contributed by atoms with E-state index in [2.05, 4.69) is 10.1 Å². The lowest BCUT2D eigenvalue weighted by Crippen LogP contribution is -2.44. The second-order valence-corrected chi connectivity index (χ2v) is 8.68. The van der Waals surface area contributed by atoms with Gasteiger partial charge in [0.25, 0.3) is 11.5 Å². The van der Waals surface area contributed by atoms with Crippen molar-refractivity contribution < 1.29 is 37.0 Å². The third-order valence-electron chi connectivity index (χ3n) is 6.38. The maximum Gasteiger partial charge on any atom is 0.387 e. The van der Waals surface area contributed by atoms with Crippen LogP contribution >= 0.6 is 0 Å². The Balaban J connectivity index is 1.67. The van der Waals surface area contributed by atoms with E-state index in [4.69, 9.17) is 9.47 Å². The second kappa shape index (κ2) is 12.0. The van der Waals surface area contributed by atoms with Crippen LogP contribution in [0.2, 0.25) is 0 Å². The van der Waals surface area contributed by atoms with Gasteiger partial charge in [-0.2, -0.15) is 8.78 Å². The summed E-state index contributed by atoms with van der Waals surface area (Å²) in [5.74, 6) is -2.68. The summed E-state index contributed by atoms with van der Waals surface area (Å²) in [6.07, 6.45) is 1.56. The van der Waals surface area contributed by atoms with Crippen LogP contribution < -0.4 is 25.2 Å². The first-order chi connectivity index (χ1) is 18.7. The van der Waals surface area contributed by atoms with Crippen molar-refractivity contribution in [3.05, 3.63) is 88.1 Å². The Morgan fingerprint density at radius 1 is 1.08 bits per heavy atom. The fraction of sp³-hybridized carbons (Fsp3) is 0.296. The fourth-order valence-corrected chi connectivity index (χ4v) is 4.43. The van der Waals surface area contributed by atoms with Gasteiger partial charge in [0.05, 0.1) is 13.7 Å². The number of alkyl halides is 2. The topological polar surface area (TPSA) is 99.1 Å². The highest BCUT2D eigenvalue weighted by Gasteiger charge is 2.44. The Labute approximate surface area is 221 Å². The van der Waals surface area contributed by atoms with Gasteiger partial charge >= 0.3 is 6.61 Å². The van der Waals surface area contributed by atoms with Gasteiger partial charge in [0, 0.05) is 43.9 Å². The number of amides is 2. The number of anilines is 1. The van der Waals surface area contributed by atoms with Crippen molar-refractivity contribution in [1.29, 1.82) is 0 Å². The second-order valence-electron chi connectivity index (χ2n) is 8.68. The summed E-state index contributed by atoms with van der Waals surface area (Å²) >= 11 is 0. The van der Waals surface area contributed by atoms with Crippen LogP contribution in [0.15, 0.2) is 65.6 Å². The minimum Gasteiger partial charge on any atom is -0.497 e. The van der Waals surface area contributed by atoms with Crippen LogP contribution in [0.25, 0.3) is 0 Å². The van der Waals surface area contributed by atoms with Crippen LogP contribution in [0, 0.1) is 5.82 Å². The number of hydrogen-bond donors (Lipinski definition) is 1. The van der Waals surface area contributed by atoms with Crippen LogP contribution in [-0.4, -0.2) is 56.4 Å². The monoisotopic (exact) mass is 545 g/mol. The highest BCUT2D eigenvalue weighted by Crippen LogP contribution is 2.34. The van der Waals surface area contributed by atoms with Crippen LogP contribution in [0.1, 0.15) is 21.8 Å². The molecule has 1 fully saturated rings. The van der Waals surface area contributed by atoms with Crippen LogP contribution in [-0.2, 0) is 16.1 Å². The van der Waals surface area contributed by atoms with Crippen LogP contribution in [0.5, 0.6) is 11.5 Å². The lowest BCUT2D eigenvalue weighted by molar-refractivity contribution is -0.118. The number of methoxy groups -OCH3 is 2. The molecule has 0 spiro atoms. The molecule has 206 valence electrons. The minimum absolute atomic E-state index is 0.0680. The number of pyridine rings is 1. The minimum atomic E-state index is -3.02. The van der Waals surface area contributed by atoms with E-state index in [-0.39, 0.29) is 48.0 Å². The standard InChI is InChI=1S/C27H26F3N3O6/c1-37-13-12-32-11-3-4-22(25(32)35)33-15-20(19-10-9-18(38-2)14-21(19)28)23(26(33)36)31-24(34)16-5-7-17(8-6-16)39-27(29)30/h3-11,14,20,23,27H,12-13,15H2,1-2H3,(H,31,34)/t20-,23?/m0/s1. The highest BCUT2D eigenvalue weighted by molar-refractivity contribution is 6.05. The molecule has 2 aromatic carbocycles. The molecular formula is C27H26F3N3O6. The Morgan fingerprint density at radius 2 is 1.79 bits per heavy atom. The van der Waals surface area contributed by atoms with Gasteiger partial charge in [0.1, 0.15) is 29.0 Å². The molecule has 3 aromatic rings. The number of nitrogens with one attached hydrogen (secondary N) is 1. The fourth-order valence-electron chi connectivity index (χ4n) is 4.43. The number of aromatic nitrogens is 1. The molecule has 1 N–H and O–H groups in total. The molecule has 0 saturated carbocycles. The van der Waals surface area contributed by atoms with E-state index in [0.29, 0.717) is 0 Å². The zero-order valence-electron chi connectivity index (χ0n) is 21.1. The van der Waals surface area contributed by atoms with Crippen molar-refractivity contribution in [1.82, 2.24) is 9.88 Å². The van der Waals surface area contributed by atoms with Crippen molar-refractivity contribution >= 4 is 17.5 Å². The number of carbonyl (C=O) groups excluding carboxylic acids is 2. The molecule has 1 saturated heterocycles. The van der Waals surface area contributed by atoms with Gasteiger partial charge in [-0.05, 0) is 48.0 Å². The molecule has 4 rings (SSSR count). The van der Waals surface area contributed by atoms with E-state index >= 15 is 4.39 Å². The highest BCUT2D eigenvalue weighted by atomic mass is 19.3. The zero-order valence-corrected chi connectivity index (χ0v) is 21.1. The molecule has 1 unspecified atom stereocenters. The Morgan fingerprint density at radius 3 is 2.44 bits per heavy atom. The number of carbonyl (C=O) groups is 2. The first-order valence-electron chi connectivity index (χ1n) is 11.9. The quantitative estimate of drug-likeness (QED) is 0.420. The zero-order chi connectivity index (χ0) is 28.1. The van der Waals surface area contributed by atoms with E-state index in [1.54, 1.807) is 12.3 Å². The van der Waals surface area contributed by atoms with Crippen LogP contribution in [0.4, 0.5) is 18.9 Å². The average molecular weight is 546 g/mol. The van der Waals surface area contributed by atoms with Crippen molar-refractivity contribution in [2.24, 2.45) is 0 Å². The molecule has 12 heteroatoms. The summed E-state index contributed by atoms with van der Waals surface area (Å²) in [5, 5.41) is 2.63. The molecule has 1 aliphatic rings. The molecule has 0 radical (unpaired) electrons. The number of halogens is 3.